The zero-order chi connectivity index (χ0) is 7.61. The van der Waals surface area contributed by atoms with E-state index in [2.05, 4.69) is 5.32 Å². The summed E-state index contributed by atoms with van der Waals surface area (Å²) in [5, 5.41) is 2.64. The van der Waals surface area contributed by atoms with Crippen LogP contribution in [0.4, 0.5) is 13.2 Å². The van der Waals surface area contributed by atoms with E-state index in [1.54, 1.807) is 0 Å². The Balaban J connectivity index is 2.54. The summed E-state index contributed by atoms with van der Waals surface area (Å²) in [6, 6.07) is 0. The summed E-state index contributed by atoms with van der Waals surface area (Å²) in [4.78, 5) is 0. The summed E-state index contributed by atoms with van der Waals surface area (Å²) in [7, 11) is 0. The summed E-state index contributed by atoms with van der Waals surface area (Å²) in [6.07, 6.45) is -1.75. The van der Waals surface area contributed by atoms with Gasteiger partial charge in [-0.15, -0.1) is 0 Å². The molecule has 60 valence electrons. The minimum Gasteiger partial charge on any atom is -0.314 e. The van der Waals surface area contributed by atoms with Crippen molar-refractivity contribution in [2.24, 2.45) is 0 Å². The van der Waals surface area contributed by atoms with Gasteiger partial charge in [0.15, 0.2) is 5.67 Å². The molecule has 4 heteroatoms. The number of hydrogen-bond donors (Lipinski definition) is 1. The lowest BCUT2D eigenvalue weighted by Gasteiger charge is -2.30. The summed E-state index contributed by atoms with van der Waals surface area (Å²) < 4.78 is 37.3. The second kappa shape index (κ2) is 2.78. The third-order valence-electron chi connectivity index (χ3n) is 1.82. The van der Waals surface area contributed by atoms with Gasteiger partial charge in [-0.2, -0.15) is 0 Å². The van der Waals surface area contributed by atoms with Crippen molar-refractivity contribution in [2.75, 3.05) is 19.8 Å². The molecule has 0 aromatic carbocycles. The number of halogens is 3. The van der Waals surface area contributed by atoms with E-state index in [4.69, 9.17) is 0 Å². The second-order valence-electron chi connectivity index (χ2n) is 2.59. The first-order chi connectivity index (χ1) is 4.69. The molecule has 1 rings (SSSR count). The van der Waals surface area contributed by atoms with Gasteiger partial charge in [0.05, 0.1) is 0 Å². The van der Waals surface area contributed by atoms with Gasteiger partial charge < -0.3 is 5.32 Å². The molecule has 1 aliphatic heterocycles. The minimum absolute atomic E-state index is 0.0648. The van der Waals surface area contributed by atoms with Crippen molar-refractivity contribution in [2.45, 2.75) is 18.3 Å². The lowest BCUT2D eigenvalue weighted by molar-refractivity contribution is 0.00197. The van der Waals surface area contributed by atoms with Crippen LogP contribution in [0.5, 0.6) is 0 Å². The molecule has 1 aliphatic rings. The van der Waals surface area contributed by atoms with Crippen molar-refractivity contribution < 1.29 is 13.2 Å². The molecule has 0 aromatic heterocycles. The first-order valence-corrected chi connectivity index (χ1v) is 3.29. The van der Waals surface area contributed by atoms with Crippen molar-refractivity contribution in [3.05, 3.63) is 0 Å². The highest BCUT2D eigenvalue weighted by Gasteiger charge is 2.41. The van der Waals surface area contributed by atoms with Crippen molar-refractivity contribution in [1.82, 2.24) is 5.32 Å². The Hall–Kier alpha value is -0.250. The van der Waals surface area contributed by atoms with Crippen LogP contribution in [0.1, 0.15) is 6.42 Å². The molecule has 0 amide bonds. The molecule has 10 heavy (non-hydrogen) atoms. The Morgan fingerprint density at radius 1 is 1.60 bits per heavy atom. The number of alkyl halides is 3. The van der Waals surface area contributed by atoms with Gasteiger partial charge in [-0.25, -0.2) is 13.2 Å². The second-order valence-corrected chi connectivity index (χ2v) is 2.59. The first kappa shape index (κ1) is 7.85. The summed E-state index contributed by atoms with van der Waals surface area (Å²) in [5.74, 6) is 0. The Kier molecular flexibility index (Phi) is 2.18. The third kappa shape index (κ3) is 1.26. The van der Waals surface area contributed by atoms with Crippen molar-refractivity contribution >= 4 is 0 Å². The molecular weight excluding hydrogens is 143 g/mol. The van der Waals surface area contributed by atoms with Gasteiger partial charge in [-0.05, 0) is 13.0 Å². The fraction of sp³-hybridized carbons (Fsp3) is 1.00. The largest absolute Gasteiger partial charge is 0.314 e. The Morgan fingerprint density at radius 2 is 2.30 bits per heavy atom. The highest BCUT2D eigenvalue weighted by molar-refractivity contribution is 4.92. The van der Waals surface area contributed by atoms with Crippen LogP contribution in [0.15, 0.2) is 0 Å². The van der Waals surface area contributed by atoms with Crippen molar-refractivity contribution in [3.8, 4) is 0 Å². The number of hydrogen-bond acceptors (Lipinski definition) is 1. The highest BCUT2D eigenvalue weighted by Crippen LogP contribution is 2.26. The number of piperidine rings is 1. The SMILES string of the molecule is FCC1(F)CCNCC1F. The molecule has 2 unspecified atom stereocenters. The average molecular weight is 153 g/mol. The van der Waals surface area contributed by atoms with Crippen LogP contribution in [0.2, 0.25) is 0 Å². The first-order valence-electron chi connectivity index (χ1n) is 3.29. The maximum Gasteiger partial charge on any atom is 0.172 e. The molecule has 1 N–H and O–H groups in total. The van der Waals surface area contributed by atoms with Crippen LogP contribution in [0, 0.1) is 0 Å². The van der Waals surface area contributed by atoms with Gasteiger partial charge >= 0.3 is 0 Å². The van der Waals surface area contributed by atoms with E-state index >= 15 is 0 Å². The Labute approximate surface area is 57.6 Å². The van der Waals surface area contributed by atoms with Gasteiger partial charge in [0, 0.05) is 6.54 Å². The number of rotatable bonds is 1. The normalized spacial score (nSPS) is 41.7. The molecule has 0 bridgehead atoms. The van der Waals surface area contributed by atoms with E-state index in [-0.39, 0.29) is 13.0 Å². The molecule has 1 fully saturated rings. The standard InChI is InChI=1S/C6H10F3N/c7-4-6(9)1-2-10-3-5(6)8/h5,10H,1-4H2. The Morgan fingerprint density at radius 3 is 2.70 bits per heavy atom. The minimum atomic E-state index is -2.22. The summed E-state index contributed by atoms with van der Waals surface area (Å²) >= 11 is 0. The maximum absolute atomic E-state index is 12.9. The molecule has 0 spiro atoms. The van der Waals surface area contributed by atoms with Crippen LogP contribution in [-0.4, -0.2) is 31.6 Å². The molecule has 1 nitrogen and oxygen atoms in total. The lowest BCUT2D eigenvalue weighted by Crippen LogP contribution is -2.50. The predicted octanol–water partition coefficient (Wildman–Crippen LogP) is 0.996. The molecular formula is C6H10F3N. The van der Waals surface area contributed by atoms with Crippen LogP contribution in [0.3, 0.4) is 0 Å². The van der Waals surface area contributed by atoms with Crippen molar-refractivity contribution in [3.63, 3.8) is 0 Å². The van der Waals surface area contributed by atoms with Crippen LogP contribution < -0.4 is 5.32 Å². The topological polar surface area (TPSA) is 12.0 Å². The van der Waals surface area contributed by atoms with Crippen LogP contribution in [-0.2, 0) is 0 Å². The van der Waals surface area contributed by atoms with E-state index in [1.165, 1.54) is 0 Å². The van der Waals surface area contributed by atoms with E-state index in [0.717, 1.165) is 0 Å². The average Bonchev–Trinajstić information content (AvgIpc) is 1.96. The Bertz CT molecular complexity index is 120. The van der Waals surface area contributed by atoms with E-state index in [1.807, 2.05) is 0 Å². The molecule has 0 saturated carbocycles. The van der Waals surface area contributed by atoms with Crippen LogP contribution in [0.25, 0.3) is 0 Å². The van der Waals surface area contributed by atoms with Gasteiger partial charge in [-0.1, -0.05) is 0 Å². The van der Waals surface area contributed by atoms with Gasteiger partial charge in [0.2, 0.25) is 0 Å². The van der Waals surface area contributed by atoms with Crippen molar-refractivity contribution in [1.29, 1.82) is 0 Å². The fourth-order valence-corrected chi connectivity index (χ4v) is 1.02. The fourth-order valence-electron chi connectivity index (χ4n) is 1.02. The molecule has 1 heterocycles. The zero-order valence-electron chi connectivity index (χ0n) is 5.54. The quantitative estimate of drug-likeness (QED) is 0.592. The monoisotopic (exact) mass is 153 g/mol. The third-order valence-corrected chi connectivity index (χ3v) is 1.82. The van der Waals surface area contributed by atoms with Gasteiger partial charge in [-0.3, -0.25) is 0 Å². The van der Waals surface area contributed by atoms with Crippen LogP contribution >= 0.6 is 0 Å². The van der Waals surface area contributed by atoms with E-state index in [0.29, 0.717) is 6.54 Å². The smallest absolute Gasteiger partial charge is 0.172 e. The lowest BCUT2D eigenvalue weighted by atomic mass is 9.94. The molecule has 2 atom stereocenters. The molecule has 0 radical (unpaired) electrons. The van der Waals surface area contributed by atoms with Gasteiger partial charge in [0.25, 0.3) is 0 Å². The highest BCUT2D eigenvalue weighted by atomic mass is 19.2. The summed E-state index contributed by atoms with van der Waals surface area (Å²) in [5.41, 5.74) is -2.22. The zero-order valence-corrected chi connectivity index (χ0v) is 5.54. The van der Waals surface area contributed by atoms with E-state index in [9.17, 15) is 13.2 Å². The molecule has 1 saturated heterocycles. The summed E-state index contributed by atoms with van der Waals surface area (Å²) in [6.45, 7) is -0.920. The van der Waals surface area contributed by atoms with Gasteiger partial charge in [0.1, 0.15) is 12.8 Å². The molecule has 0 aromatic rings. The maximum atomic E-state index is 12.9. The predicted molar refractivity (Wildman–Crippen MR) is 32.2 cm³/mol. The van der Waals surface area contributed by atoms with E-state index < -0.39 is 18.5 Å². The number of nitrogens with one attached hydrogen (secondary N) is 1. The molecule has 0 aliphatic carbocycles.